The molecule has 0 N–H and O–H groups in total. The molecule has 0 fully saturated rings. The van der Waals surface area contributed by atoms with Crippen LogP contribution in [-0.2, 0) is 0 Å². The number of hydrogen-bond donors (Lipinski definition) is 0. The summed E-state index contributed by atoms with van der Waals surface area (Å²) in [5.74, 6) is 0.385. The maximum atomic E-state index is 15.3. The van der Waals surface area contributed by atoms with Crippen LogP contribution in [0, 0.1) is 5.82 Å². The highest BCUT2D eigenvalue weighted by molar-refractivity contribution is 6.30. The molecule has 4 aromatic rings. The van der Waals surface area contributed by atoms with E-state index in [1.54, 1.807) is 24.3 Å². The second-order valence-electron chi connectivity index (χ2n) is 5.69. The first-order valence-electron chi connectivity index (χ1n) is 7.93. The van der Waals surface area contributed by atoms with Crippen molar-refractivity contribution in [1.82, 2.24) is 0 Å². The summed E-state index contributed by atoms with van der Waals surface area (Å²) < 4.78 is 21.3. The van der Waals surface area contributed by atoms with E-state index >= 15 is 4.39 Å². The molecule has 0 atom stereocenters. The van der Waals surface area contributed by atoms with Crippen molar-refractivity contribution in [2.75, 3.05) is 0 Å². The predicted octanol–water partition coefficient (Wildman–Crippen LogP) is 7.07. The largest absolute Gasteiger partial charge is 0.452 e. The van der Waals surface area contributed by atoms with Gasteiger partial charge in [0.25, 0.3) is 0 Å². The molecule has 1 aromatic heterocycles. The average Bonchev–Trinajstić information content (AvgIpc) is 3.01. The van der Waals surface area contributed by atoms with Crippen molar-refractivity contribution in [3.63, 3.8) is 0 Å². The van der Waals surface area contributed by atoms with Gasteiger partial charge in [0, 0.05) is 16.1 Å². The normalized spacial score (nSPS) is 10.8. The van der Waals surface area contributed by atoms with Gasteiger partial charge in [-0.15, -0.1) is 0 Å². The number of halogens is 2. The van der Waals surface area contributed by atoms with Crippen LogP contribution in [0.2, 0.25) is 5.02 Å². The van der Waals surface area contributed by atoms with Gasteiger partial charge in [-0.3, -0.25) is 0 Å². The van der Waals surface area contributed by atoms with Gasteiger partial charge < -0.3 is 4.42 Å². The van der Waals surface area contributed by atoms with Crippen molar-refractivity contribution in [1.29, 1.82) is 0 Å². The van der Waals surface area contributed by atoms with Gasteiger partial charge in [0.05, 0.1) is 5.56 Å². The second kappa shape index (κ2) is 6.58. The second-order valence-corrected chi connectivity index (χ2v) is 6.12. The molecule has 0 aliphatic rings. The highest BCUT2D eigenvalue weighted by Gasteiger charge is 2.23. The number of hydrogen-bond acceptors (Lipinski definition) is 1. The third-order valence-corrected chi connectivity index (χ3v) is 4.31. The van der Waals surface area contributed by atoms with Gasteiger partial charge in [-0.25, -0.2) is 4.39 Å². The predicted molar refractivity (Wildman–Crippen MR) is 100.0 cm³/mol. The lowest BCUT2D eigenvalue weighted by Gasteiger charge is -2.03. The molecule has 4 rings (SSSR count). The van der Waals surface area contributed by atoms with E-state index in [0.29, 0.717) is 21.9 Å². The summed E-state index contributed by atoms with van der Waals surface area (Å²) in [7, 11) is 0. The fourth-order valence-electron chi connectivity index (χ4n) is 2.85. The summed E-state index contributed by atoms with van der Waals surface area (Å²) in [6.07, 6.45) is 0. The number of benzene rings is 3. The van der Waals surface area contributed by atoms with Crippen molar-refractivity contribution >= 4 is 11.6 Å². The van der Waals surface area contributed by atoms with Crippen molar-refractivity contribution in [2.45, 2.75) is 0 Å². The standard InChI is InChI=1S/C22H14ClFO/c23-18-13-11-15(12-14-18)19-20(24)22(17-9-5-2-6-10-17)25-21(19)16-7-3-1-4-8-16/h1-14H. The minimum Gasteiger partial charge on any atom is -0.452 e. The Balaban J connectivity index is 1.97. The lowest BCUT2D eigenvalue weighted by atomic mass is 10.0. The molecule has 0 bridgehead atoms. The van der Waals surface area contributed by atoms with Gasteiger partial charge in [-0.05, 0) is 17.7 Å². The molecule has 0 radical (unpaired) electrons. The molecule has 1 heterocycles. The van der Waals surface area contributed by atoms with Gasteiger partial charge in [0.2, 0.25) is 0 Å². The Bertz CT molecular complexity index is 990. The smallest absolute Gasteiger partial charge is 0.177 e. The molecule has 25 heavy (non-hydrogen) atoms. The van der Waals surface area contributed by atoms with Gasteiger partial charge in [-0.2, -0.15) is 0 Å². The maximum Gasteiger partial charge on any atom is 0.177 e. The van der Waals surface area contributed by atoms with Crippen LogP contribution in [0.3, 0.4) is 0 Å². The van der Waals surface area contributed by atoms with Crippen LogP contribution >= 0.6 is 11.6 Å². The molecular formula is C22H14ClFO. The lowest BCUT2D eigenvalue weighted by Crippen LogP contribution is -1.84. The minimum atomic E-state index is -0.368. The molecule has 0 amide bonds. The zero-order valence-electron chi connectivity index (χ0n) is 13.2. The number of furan rings is 1. The molecule has 0 saturated heterocycles. The Morgan fingerprint density at radius 2 is 1.12 bits per heavy atom. The van der Waals surface area contributed by atoms with Crippen LogP contribution in [0.5, 0.6) is 0 Å². The summed E-state index contributed by atoms with van der Waals surface area (Å²) in [4.78, 5) is 0. The van der Waals surface area contributed by atoms with Crippen LogP contribution in [-0.4, -0.2) is 0 Å². The average molecular weight is 349 g/mol. The van der Waals surface area contributed by atoms with E-state index in [1.807, 2.05) is 60.7 Å². The molecule has 3 heteroatoms. The van der Waals surface area contributed by atoms with Crippen LogP contribution in [0.25, 0.3) is 33.8 Å². The molecule has 1 nitrogen and oxygen atoms in total. The van der Waals surface area contributed by atoms with Crippen molar-refractivity contribution in [3.05, 3.63) is 95.8 Å². The van der Waals surface area contributed by atoms with E-state index in [0.717, 1.165) is 11.1 Å². The summed E-state index contributed by atoms with van der Waals surface area (Å²) in [6, 6.07) is 25.9. The van der Waals surface area contributed by atoms with Gasteiger partial charge in [0.15, 0.2) is 11.6 Å². The Morgan fingerprint density at radius 3 is 1.68 bits per heavy atom. The van der Waals surface area contributed by atoms with E-state index in [2.05, 4.69) is 0 Å². The zero-order valence-corrected chi connectivity index (χ0v) is 14.0. The fraction of sp³-hybridized carbons (Fsp3) is 0. The molecule has 0 aliphatic carbocycles. The van der Waals surface area contributed by atoms with E-state index in [-0.39, 0.29) is 11.6 Å². The first-order valence-corrected chi connectivity index (χ1v) is 8.31. The van der Waals surface area contributed by atoms with E-state index < -0.39 is 0 Å². The third-order valence-electron chi connectivity index (χ3n) is 4.05. The molecule has 0 spiro atoms. The molecule has 122 valence electrons. The van der Waals surface area contributed by atoms with Crippen molar-refractivity contribution < 1.29 is 8.81 Å². The van der Waals surface area contributed by atoms with Crippen molar-refractivity contribution in [3.8, 4) is 33.8 Å². The monoisotopic (exact) mass is 348 g/mol. The maximum absolute atomic E-state index is 15.3. The quantitative estimate of drug-likeness (QED) is 0.385. The van der Waals surface area contributed by atoms with E-state index in [9.17, 15) is 0 Å². The Labute approximate surface area is 150 Å². The summed E-state index contributed by atoms with van der Waals surface area (Å²) >= 11 is 5.98. The molecule has 0 unspecified atom stereocenters. The molecule has 0 saturated carbocycles. The Kier molecular flexibility index (Phi) is 4.12. The van der Waals surface area contributed by atoms with Crippen LogP contribution < -0.4 is 0 Å². The zero-order chi connectivity index (χ0) is 17.2. The van der Waals surface area contributed by atoms with Crippen LogP contribution in [0.15, 0.2) is 89.3 Å². The summed E-state index contributed by atoms with van der Waals surface area (Å²) in [5, 5.41) is 0.609. The Hall–Kier alpha value is -2.84. The van der Waals surface area contributed by atoms with Crippen LogP contribution in [0.4, 0.5) is 4.39 Å². The minimum absolute atomic E-state index is 0.240. The van der Waals surface area contributed by atoms with E-state index in [4.69, 9.17) is 16.0 Å². The Morgan fingerprint density at radius 1 is 0.600 bits per heavy atom. The highest BCUT2D eigenvalue weighted by Crippen LogP contribution is 2.42. The van der Waals surface area contributed by atoms with Crippen LogP contribution in [0.1, 0.15) is 0 Å². The third kappa shape index (κ3) is 2.97. The first kappa shape index (κ1) is 15.7. The molecular weight excluding hydrogens is 335 g/mol. The van der Waals surface area contributed by atoms with Gasteiger partial charge in [0.1, 0.15) is 5.76 Å². The molecule has 3 aromatic carbocycles. The molecule has 0 aliphatic heterocycles. The van der Waals surface area contributed by atoms with Gasteiger partial charge >= 0.3 is 0 Å². The summed E-state index contributed by atoms with van der Waals surface area (Å²) in [6.45, 7) is 0. The highest BCUT2D eigenvalue weighted by atomic mass is 35.5. The first-order chi connectivity index (χ1) is 12.2. The topological polar surface area (TPSA) is 13.1 Å². The lowest BCUT2D eigenvalue weighted by molar-refractivity contribution is 0.558. The number of rotatable bonds is 3. The van der Waals surface area contributed by atoms with Crippen molar-refractivity contribution in [2.24, 2.45) is 0 Å². The fourth-order valence-corrected chi connectivity index (χ4v) is 2.98. The summed E-state index contributed by atoms with van der Waals surface area (Å²) in [5.41, 5.74) is 2.71. The SMILES string of the molecule is Fc1c(-c2ccccc2)oc(-c2ccccc2)c1-c1ccc(Cl)cc1. The van der Waals surface area contributed by atoms with Gasteiger partial charge in [-0.1, -0.05) is 84.4 Å². The van der Waals surface area contributed by atoms with E-state index in [1.165, 1.54) is 0 Å².